The van der Waals surface area contributed by atoms with Crippen molar-refractivity contribution in [3.05, 3.63) is 23.3 Å². The number of rotatable bonds is 4. The van der Waals surface area contributed by atoms with E-state index in [1.54, 1.807) is 18.3 Å². The maximum Gasteiger partial charge on any atom is 0.241 e. The van der Waals surface area contributed by atoms with Crippen LogP contribution in [0.3, 0.4) is 0 Å². The van der Waals surface area contributed by atoms with E-state index in [2.05, 4.69) is 15.3 Å². The van der Waals surface area contributed by atoms with Gasteiger partial charge in [-0.15, -0.1) is 0 Å². The molecule has 2 aromatic rings. The molecule has 1 amide bonds. The topological polar surface area (TPSA) is 54.9 Å². The van der Waals surface area contributed by atoms with Crippen molar-refractivity contribution in [2.75, 3.05) is 0 Å². The molecular formula is C11H11F2N3OS. The Hall–Kier alpha value is -1.63. The summed E-state index contributed by atoms with van der Waals surface area (Å²) < 4.78 is 25.0. The number of amides is 1. The third-order valence-corrected chi connectivity index (χ3v) is 3.37. The number of carbonyl (C=O) groups is 1. The van der Waals surface area contributed by atoms with E-state index < -0.39 is 18.9 Å². The number of carbonyl (C=O) groups excluding carboxylic acids is 1. The van der Waals surface area contributed by atoms with Gasteiger partial charge in [-0.05, 0) is 12.1 Å². The Morgan fingerprint density at radius 2 is 2.33 bits per heavy atom. The third-order valence-electron chi connectivity index (χ3n) is 2.27. The minimum absolute atomic E-state index is 0.354. The Bertz CT molecular complexity index is 525. The fraction of sp³-hybridized carbons (Fsp3) is 0.364. The monoisotopic (exact) mass is 271 g/mol. The van der Waals surface area contributed by atoms with Gasteiger partial charge in [0.15, 0.2) is 0 Å². The molecule has 2 rings (SSSR count). The van der Waals surface area contributed by atoms with Crippen LogP contribution in [0.15, 0.2) is 18.3 Å². The highest BCUT2D eigenvalue weighted by molar-refractivity contribution is 7.18. The predicted molar refractivity (Wildman–Crippen MR) is 64.6 cm³/mol. The lowest BCUT2D eigenvalue weighted by Gasteiger charge is -2.14. The van der Waals surface area contributed by atoms with Gasteiger partial charge >= 0.3 is 0 Å². The van der Waals surface area contributed by atoms with Crippen molar-refractivity contribution in [3.8, 4) is 0 Å². The van der Waals surface area contributed by atoms with Crippen LogP contribution >= 0.6 is 11.3 Å². The third kappa shape index (κ3) is 2.98. The van der Waals surface area contributed by atoms with Gasteiger partial charge in [0.25, 0.3) is 0 Å². The Morgan fingerprint density at radius 3 is 2.94 bits per heavy atom. The smallest absolute Gasteiger partial charge is 0.241 e. The van der Waals surface area contributed by atoms with E-state index in [0.29, 0.717) is 15.4 Å². The lowest BCUT2D eigenvalue weighted by molar-refractivity contribution is -0.119. The Labute approximate surface area is 106 Å². The highest BCUT2D eigenvalue weighted by Crippen LogP contribution is 2.28. The van der Waals surface area contributed by atoms with Gasteiger partial charge in [-0.3, -0.25) is 4.79 Å². The largest absolute Gasteiger partial charge is 0.347 e. The molecule has 0 saturated carbocycles. The molecule has 1 unspecified atom stereocenters. The molecule has 1 atom stereocenters. The number of pyridine rings is 1. The number of fused-ring (bicyclic) bond motifs is 1. The highest BCUT2D eigenvalue weighted by atomic mass is 32.1. The molecule has 96 valence electrons. The number of nitrogens with one attached hydrogen (secondary N) is 1. The average Bonchev–Trinajstić information content (AvgIpc) is 2.70. The summed E-state index contributed by atoms with van der Waals surface area (Å²) in [5, 5.41) is 2.95. The molecule has 0 aliphatic heterocycles. The fourth-order valence-corrected chi connectivity index (χ4v) is 2.55. The molecule has 0 saturated heterocycles. The first-order valence-corrected chi connectivity index (χ1v) is 6.14. The molecule has 2 heterocycles. The number of hydrogen-bond acceptors (Lipinski definition) is 4. The van der Waals surface area contributed by atoms with Crippen LogP contribution in [0.2, 0.25) is 0 Å². The molecule has 1 N–H and O–H groups in total. The summed E-state index contributed by atoms with van der Waals surface area (Å²) in [6.07, 6.45) is -1.33. The molecular weight excluding hydrogens is 260 g/mol. The zero-order valence-electron chi connectivity index (χ0n) is 9.56. The summed E-state index contributed by atoms with van der Waals surface area (Å²) in [5.41, 5.74) is 0.655. The van der Waals surface area contributed by atoms with Crippen molar-refractivity contribution in [2.24, 2.45) is 0 Å². The summed E-state index contributed by atoms with van der Waals surface area (Å²) in [6, 6.07) is 2.73. The van der Waals surface area contributed by atoms with Crippen LogP contribution in [0.4, 0.5) is 8.78 Å². The van der Waals surface area contributed by atoms with Crippen LogP contribution in [0.25, 0.3) is 10.3 Å². The molecule has 0 spiro atoms. The van der Waals surface area contributed by atoms with Gasteiger partial charge in [-0.2, -0.15) is 0 Å². The normalized spacial score (nSPS) is 12.9. The zero-order chi connectivity index (χ0) is 13.1. The molecule has 18 heavy (non-hydrogen) atoms. The molecule has 7 heteroatoms. The molecule has 0 aliphatic carbocycles. The lowest BCUT2D eigenvalue weighted by atomic mass is 10.2. The Morgan fingerprint density at radius 1 is 1.56 bits per heavy atom. The number of aromatic nitrogens is 2. The summed E-state index contributed by atoms with van der Waals surface area (Å²) in [5.74, 6) is -0.354. The zero-order valence-corrected chi connectivity index (χ0v) is 10.4. The van der Waals surface area contributed by atoms with Crippen molar-refractivity contribution >= 4 is 27.6 Å². The first-order chi connectivity index (χ1) is 8.56. The van der Waals surface area contributed by atoms with Crippen molar-refractivity contribution in [3.63, 3.8) is 0 Å². The van der Waals surface area contributed by atoms with Gasteiger partial charge in [-0.1, -0.05) is 11.3 Å². The van der Waals surface area contributed by atoms with Crippen LogP contribution in [0.1, 0.15) is 24.4 Å². The molecule has 0 fully saturated rings. The van der Waals surface area contributed by atoms with Gasteiger partial charge < -0.3 is 5.32 Å². The van der Waals surface area contributed by atoms with E-state index in [1.807, 2.05) is 0 Å². The standard InChI is InChI=1S/C11H11F2N3OS/c1-6(17)15-8(5-9(12)13)11-16-7-3-2-4-14-10(7)18-11/h2-4,8-9H,5H2,1H3,(H,15,17). The molecule has 0 aliphatic rings. The van der Waals surface area contributed by atoms with Gasteiger partial charge in [0.05, 0.1) is 6.04 Å². The predicted octanol–water partition coefficient (Wildman–Crippen LogP) is 2.52. The second kappa shape index (κ2) is 5.34. The van der Waals surface area contributed by atoms with E-state index in [4.69, 9.17) is 0 Å². The summed E-state index contributed by atoms with van der Waals surface area (Å²) >= 11 is 1.22. The van der Waals surface area contributed by atoms with Crippen LogP contribution in [-0.2, 0) is 4.79 Å². The quantitative estimate of drug-likeness (QED) is 0.929. The van der Waals surface area contributed by atoms with Crippen LogP contribution in [0.5, 0.6) is 0 Å². The van der Waals surface area contributed by atoms with E-state index >= 15 is 0 Å². The molecule has 2 aromatic heterocycles. The first-order valence-electron chi connectivity index (χ1n) is 5.33. The van der Waals surface area contributed by atoms with E-state index in [-0.39, 0.29) is 5.91 Å². The minimum atomic E-state index is -2.50. The molecule has 0 bridgehead atoms. The Kier molecular flexibility index (Phi) is 3.81. The average molecular weight is 271 g/mol. The maximum atomic E-state index is 12.5. The number of thiazole rings is 1. The summed E-state index contributed by atoms with van der Waals surface area (Å²) in [4.78, 5) is 20.0. The highest BCUT2D eigenvalue weighted by Gasteiger charge is 2.21. The van der Waals surface area contributed by atoms with Gasteiger partial charge in [0.2, 0.25) is 12.3 Å². The number of alkyl halides is 2. The second-order valence-electron chi connectivity index (χ2n) is 3.76. The summed E-state index contributed by atoms with van der Waals surface area (Å²) in [6.45, 7) is 1.30. The molecule has 0 aromatic carbocycles. The van der Waals surface area contributed by atoms with Crippen LogP contribution in [0, 0.1) is 0 Å². The van der Waals surface area contributed by atoms with E-state index in [9.17, 15) is 13.6 Å². The van der Waals surface area contributed by atoms with Crippen molar-refractivity contribution in [1.29, 1.82) is 0 Å². The van der Waals surface area contributed by atoms with Crippen molar-refractivity contribution in [1.82, 2.24) is 15.3 Å². The van der Waals surface area contributed by atoms with Crippen molar-refractivity contribution in [2.45, 2.75) is 25.8 Å². The number of nitrogens with zero attached hydrogens (tertiary/aromatic N) is 2. The van der Waals surface area contributed by atoms with E-state index in [0.717, 1.165) is 0 Å². The number of hydrogen-bond donors (Lipinski definition) is 1. The summed E-state index contributed by atoms with van der Waals surface area (Å²) in [7, 11) is 0. The number of halogens is 2. The minimum Gasteiger partial charge on any atom is -0.347 e. The second-order valence-corrected chi connectivity index (χ2v) is 4.77. The Balaban J connectivity index is 2.31. The molecule has 0 radical (unpaired) electrons. The van der Waals surface area contributed by atoms with Gasteiger partial charge in [0, 0.05) is 19.5 Å². The van der Waals surface area contributed by atoms with Crippen LogP contribution in [-0.4, -0.2) is 22.3 Å². The first kappa shape index (κ1) is 12.8. The fourth-order valence-electron chi connectivity index (χ4n) is 1.58. The van der Waals surface area contributed by atoms with Crippen LogP contribution < -0.4 is 5.32 Å². The maximum absolute atomic E-state index is 12.5. The SMILES string of the molecule is CC(=O)NC(CC(F)F)c1nc2cccnc2s1. The van der Waals surface area contributed by atoms with E-state index in [1.165, 1.54) is 18.3 Å². The van der Waals surface area contributed by atoms with Gasteiger partial charge in [0.1, 0.15) is 15.4 Å². The van der Waals surface area contributed by atoms with Crippen molar-refractivity contribution < 1.29 is 13.6 Å². The molecule has 4 nitrogen and oxygen atoms in total. The lowest BCUT2D eigenvalue weighted by Crippen LogP contribution is -2.27. The van der Waals surface area contributed by atoms with Gasteiger partial charge in [-0.25, -0.2) is 18.7 Å².